The minimum atomic E-state index is 0.0854. The molecule has 0 saturated heterocycles. The standard InChI is InChI=1S/C9H8BrNO/c1-7-2-3-8(10)9(6-7)12-5-4-11/h2-3,6H,5H2,1H3. The summed E-state index contributed by atoms with van der Waals surface area (Å²) in [5, 5.41) is 8.30. The van der Waals surface area contributed by atoms with Crippen molar-refractivity contribution < 1.29 is 4.74 Å². The van der Waals surface area contributed by atoms with Crippen LogP contribution in [-0.2, 0) is 0 Å². The molecule has 1 rings (SSSR count). The lowest BCUT2D eigenvalue weighted by Gasteiger charge is -2.04. The van der Waals surface area contributed by atoms with E-state index >= 15 is 0 Å². The summed E-state index contributed by atoms with van der Waals surface area (Å²) in [6.07, 6.45) is 0. The number of nitrogens with zero attached hydrogens (tertiary/aromatic N) is 1. The zero-order valence-corrected chi connectivity index (χ0v) is 8.26. The first-order valence-electron chi connectivity index (χ1n) is 3.50. The van der Waals surface area contributed by atoms with Gasteiger partial charge in [0.2, 0.25) is 0 Å². The molecule has 62 valence electrons. The summed E-state index contributed by atoms with van der Waals surface area (Å²) in [6.45, 7) is 2.06. The van der Waals surface area contributed by atoms with Crippen LogP contribution in [0.5, 0.6) is 5.75 Å². The molecule has 0 aliphatic carbocycles. The minimum Gasteiger partial charge on any atom is -0.478 e. The summed E-state index contributed by atoms with van der Waals surface area (Å²) in [6, 6.07) is 7.69. The molecule has 3 heteroatoms. The average Bonchev–Trinajstić information content (AvgIpc) is 2.07. The quantitative estimate of drug-likeness (QED) is 0.776. The van der Waals surface area contributed by atoms with E-state index in [1.165, 1.54) is 0 Å². The smallest absolute Gasteiger partial charge is 0.174 e. The molecule has 0 aliphatic heterocycles. The van der Waals surface area contributed by atoms with Crippen LogP contribution in [0.3, 0.4) is 0 Å². The second kappa shape index (κ2) is 4.13. The van der Waals surface area contributed by atoms with Crippen molar-refractivity contribution in [1.29, 1.82) is 5.26 Å². The third kappa shape index (κ3) is 2.24. The third-order valence-electron chi connectivity index (χ3n) is 1.38. The van der Waals surface area contributed by atoms with Crippen LogP contribution in [0.4, 0.5) is 0 Å². The predicted molar refractivity (Wildman–Crippen MR) is 50.0 cm³/mol. The highest BCUT2D eigenvalue weighted by atomic mass is 79.9. The fourth-order valence-corrected chi connectivity index (χ4v) is 1.19. The normalized spacial score (nSPS) is 9.08. The largest absolute Gasteiger partial charge is 0.478 e. The van der Waals surface area contributed by atoms with Gasteiger partial charge in [0.15, 0.2) is 6.61 Å². The first-order valence-corrected chi connectivity index (χ1v) is 4.29. The van der Waals surface area contributed by atoms with Crippen LogP contribution < -0.4 is 4.74 Å². The molecule has 0 N–H and O–H groups in total. The van der Waals surface area contributed by atoms with Gasteiger partial charge in [0.1, 0.15) is 11.8 Å². The Morgan fingerprint density at radius 3 is 3.00 bits per heavy atom. The van der Waals surface area contributed by atoms with E-state index in [9.17, 15) is 0 Å². The molecule has 2 nitrogen and oxygen atoms in total. The van der Waals surface area contributed by atoms with Gasteiger partial charge in [-0.15, -0.1) is 0 Å². The van der Waals surface area contributed by atoms with Crippen LogP contribution in [0.15, 0.2) is 22.7 Å². The molecule has 0 saturated carbocycles. The summed E-state index contributed by atoms with van der Waals surface area (Å²) in [4.78, 5) is 0. The molecule has 0 bridgehead atoms. The van der Waals surface area contributed by atoms with Crippen molar-refractivity contribution in [2.75, 3.05) is 6.61 Å². The van der Waals surface area contributed by atoms with E-state index in [-0.39, 0.29) is 6.61 Å². The Bertz CT molecular complexity index is 317. The Morgan fingerprint density at radius 1 is 1.58 bits per heavy atom. The highest BCUT2D eigenvalue weighted by Gasteiger charge is 1.99. The van der Waals surface area contributed by atoms with Crippen LogP contribution in [0.2, 0.25) is 0 Å². The van der Waals surface area contributed by atoms with Crippen molar-refractivity contribution in [3.8, 4) is 11.8 Å². The molecule has 12 heavy (non-hydrogen) atoms. The van der Waals surface area contributed by atoms with Crippen molar-refractivity contribution in [1.82, 2.24) is 0 Å². The topological polar surface area (TPSA) is 33.0 Å². The summed E-state index contributed by atoms with van der Waals surface area (Å²) in [5.41, 5.74) is 1.12. The van der Waals surface area contributed by atoms with Gasteiger partial charge < -0.3 is 4.74 Å². The van der Waals surface area contributed by atoms with Gasteiger partial charge >= 0.3 is 0 Å². The van der Waals surface area contributed by atoms with Gasteiger partial charge in [-0.05, 0) is 40.5 Å². The molecular formula is C9H8BrNO. The molecule has 1 aromatic carbocycles. The molecule has 0 fully saturated rings. The van der Waals surface area contributed by atoms with Crippen LogP contribution in [0.25, 0.3) is 0 Å². The Hall–Kier alpha value is -1.01. The predicted octanol–water partition coefficient (Wildman–Crippen LogP) is 2.66. The number of ether oxygens (including phenoxy) is 1. The minimum absolute atomic E-state index is 0.0854. The molecule has 0 aliphatic rings. The summed E-state index contributed by atoms with van der Waals surface area (Å²) in [7, 11) is 0. The zero-order valence-electron chi connectivity index (χ0n) is 6.67. The summed E-state index contributed by atoms with van der Waals surface area (Å²) >= 11 is 3.33. The van der Waals surface area contributed by atoms with Crippen molar-refractivity contribution in [2.24, 2.45) is 0 Å². The second-order valence-corrected chi connectivity index (χ2v) is 3.24. The van der Waals surface area contributed by atoms with Gasteiger partial charge in [-0.2, -0.15) is 5.26 Å². The molecule has 0 amide bonds. The van der Waals surface area contributed by atoms with Crippen molar-refractivity contribution in [3.05, 3.63) is 28.2 Å². The molecule has 0 radical (unpaired) electrons. The second-order valence-electron chi connectivity index (χ2n) is 2.38. The highest BCUT2D eigenvalue weighted by molar-refractivity contribution is 9.10. The van der Waals surface area contributed by atoms with E-state index < -0.39 is 0 Å². The fourth-order valence-electron chi connectivity index (χ4n) is 0.831. The number of hydrogen-bond acceptors (Lipinski definition) is 2. The third-order valence-corrected chi connectivity index (χ3v) is 2.03. The lowest BCUT2D eigenvalue weighted by Crippen LogP contribution is -1.94. The zero-order chi connectivity index (χ0) is 8.97. The Kier molecular flexibility index (Phi) is 3.12. The molecule has 0 aromatic heterocycles. The number of rotatable bonds is 2. The maximum Gasteiger partial charge on any atom is 0.174 e. The molecule has 1 aromatic rings. The Morgan fingerprint density at radius 2 is 2.33 bits per heavy atom. The van der Waals surface area contributed by atoms with Gasteiger partial charge in [-0.3, -0.25) is 0 Å². The summed E-state index contributed by atoms with van der Waals surface area (Å²) < 4.78 is 6.04. The number of hydrogen-bond donors (Lipinski definition) is 0. The highest BCUT2D eigenvalue weighted by Crippen LogP contribution is 2.25. The maximum absolute atomic E-state index is 8.30. The number of halogens is 1. The molecule has 0 atom stereocenters. The first-order chi connectivity index (χ1) is 5.74. The van der Waals surface area contributed by atoms with E-state index in [0.29, 0.717) is 0 Å². The van der Waals surface area contributed by atoms with Crippen molar-refractivity contribution >= 4 is 15.9 Å². The fraction of sp³-hybridized carbons (Fsp3) is 0.222. The van der Waals surface area contributed by atoms with Gasteiger partial charge in [0.05, 0.1) is 4.47 Å². The van der Waals surface area contributed by atoms with Crippen molar-refractivity contribution in [2.45, 2.75) is 6.92 Å². The lowest BCUT2D eigenvalue weighted by atomic mass is 10.2. The maximum atomic E-state index is 8.30. The van der Waals surface area contributed by atoms with Crippen molar-refractivity contribution in [3.63, 3.8) is 0 Å². The average molecular weight is 226 g/mol. The monoisotopic (exact) mass is 225 g/mol. The Balaban J connectivity index is 2.84. The number of benzene rings is 1. The Labute approximate surface area is 79.9 Å². The molecule has 0 unspecified atom stereocenters. The van der Waals surface area contributed by atoms with Gasteiger partial charge in [-0.25, -0.2) is 0 Å². The molecular weight excluding hydrogens is 218 g/mol. The first kappa shape index (κ1) is 9.08. The van der Waals surface area contributed by atoms with E-state index in [0.717, 1.165) is 15.8 Å². The van der Waals surface area contributed by atoms with Gasteiger partial charge in [-0.1, -0.05) is 6.07 Å². The van der Waals surface area contributed by atoms with E-state index in [1.807, 2.05) is 31.2 Å². The van der Waals surface area contributed by atoms with Crippen LogP contribution in [-0.4, -0.2) is 6.61 Å². The van der Waals surface area contributed by atoms with E-state index in [1.54, 1.807) is 0 Å². The van der Waals surface area contributed by atoms with Gasteiger partial charge in [0, 0.05) is 0 Å². The van der Waals surface area contributed by atoms with Crippen LogP contribution in [0, 0.1) is 18.3 Å². The van der Waals surface area contributed by atoms with Gasteiger partial charge in [0.25, 0.3) is 0 Å². The molecule has 0 heterocycles. The van der Waals surface area contributed by atoms with E-state index in [4.69, 9.17) is 10.00 Å². The molecule has 0 spiro atoms. The van der Waals surface area contributed by atoms with E-state index in [2.05, 4.69) is 15.9 Å². The summed E-state index contributed by atoms with van der Waals surface area (Å²) in [5.74, 6) is 0.719. The van der Waals surface area contributed by atoms with Crippen LogP contribution >= 0.6 is 15.9 Å². The SMILES string of the molecule is Cc1ccc(Br)c(OCC#N)c1. The lowest BCUT2D eigenvalue weighted by molar-refractivity contribution is 0.365. The van der Waals surface area contributed by atoms with Crippen LogP contribution in [0.1, 0.15) is 5.56 Å². The number of nitriles is 1. The number of aryl methyl sites for hydroxylation is 1.